The van der Waals surface area contributed by atoms with Crippen LogP contribution in [0.1, 0.15) is 13.8 Å². The molecule has 104 valence electrons. The molecule has 5 nitrogen and oxygen atoms in total. The first-order valence-corrected chi connectivity index (χ1v) is 7.22. The zero-order valence-corrected chi connectivity index (χ0v) is 12.6. The van der Waals surface area contributed by atoms with E-state index in [0.29, 0.717) is 24.6 Å². The van der Waals surface area contributed by atoms with Crippen molar-refractivity contribution in [2.45, 2.75) is 25.2 Å². The fourth-order valence-electron chi connectivity index (χ4n) is 1.38. The highest BCUT2D eigenvalue weighted by Crippen LogP contribution is 2.02. The smallest absolute Gasteiger partial charge is 0.0881 e. The number of hydrogen-bond acceptors (Lipinski definition) is 7. The highest BCUT2D eigenvalue weighted by molar-refractivity contribution is 7.80. The third kappa shape index (κ3) is 6.85. The molecule has 0 saturated heterocycles. The van der Waals surface area contributed by atoms with Gasteiger partial charge in [0.1, 0.15) is 0 Å². The van der Waals surface area contributed by atoms with Crippen molar-refractivity contribution in [1.29, 1.82) is 0 Å². The SMILES string of the molecule is CCNC[C@@](N)(CS)NCC(N)(CS)NCC. The van der Waals surface area contributed by atoms with E-state index in [1.807, 2.05) is 13.8 Å². The Balaban J connectivity index is 4.27. The van der Waals surface area contributed by atoms with Crippen molar-refractivity contribution in [1.82, 2.24) is 16.0 Å². The minimum absolute atomic E-state index is 0.536. The van der Waals surface area contributed by atoms with Gasteiger partial charge in [-0.15, -0.1) is 0 Å². The molecule has 0 aliphatic carbocycles. The maximum atomic E-state index is 6.18. The summed E-state index contributed by atoms with van der Waals surface area (Å²) in [7, 11) is 0. The lowest BCUT2D eigenvalue weighted by atomic mass is 10.1. The second kappa shape index (κ2) is 8.58. The average molecular weight is 281 g/mol. The molecule has 0 aromatic rings. The molecule has 0 rings (SSSR count). The van der Waals surface area contributed by atoms with Gasteiger partial charge in [-0.3, -0.25) is 10.6 Å². The first kappa shape index (κ1) is 17.5. The molecule has 1 unspecified atom stereocenters. The van der Waals surface area contributed by atoms with Crippen LogP contribution in [-0.4, -0.2) is 49.0 Å². The van der Waals surface area contributed by atoms with Gasteiger partial charge in [-0.25, -0.2) is 0 Å². The first-order valence-electron chi connectivity index (χ1n) is 5.95. The summed E-state index contributed by atoms with van der Waals surface area (Å²) in [4.78, 5) is 0. The summed E-state index contributed by atoms with van der Waals surface area (Å²) < 4.78 is 0. The van der Waals surface area contributed by atoms with Crippen molar-refractivity contribution < 1.29 is 0 Å². The van der Waals surface area contributed by atoms with E-state index < -0.39 is 11.3 Å². The summed E-state index contributed by atoms with van der Waals surface area (Å²) in [6, 6.07) is 0. The van der Waals surface area contributed by atoms with Gasteiger partial charge in [0.05, 0.1) is 11.3 Å². The van der Waals surface area contributed by atoms with Crippen molar-refractivity contribution in [3.05, 3.63) is 0 Å². The van der Waals surface area contributed by atoms with Crippen LogP contribution in [0, 0.1) is 0 Å². The molecular formula is C10H27N5S2. The monoisotopic (exact) mass is 281 g/mol. The second-order valence-corrected chi connectivity index (χ2v) is 4.93. The van der Waals surface area contributed by atoms with Crippen LogP contribution in [0.3, 0.4) is 0 Å². The number of thiol groups is 2. The van der Waals surface area contributed by atoms with Crippen LogP contribution in [0.15, 0.2) is 0 Å². The van der Waals surface area contributed by atoms with Crippen molar-refractivity contribution in [2.24, 2.45) is 11.5 Å². The molecule has 0 saturated carbocycles. The lowest BCUT2D eigenvalue weighted by molar-refractivity contribution is 0.285. The highest BCUT2D eigenvalue weighted by atomic mass is 32.1. The van der Waals surface area contributed by atoms with E-state index in [2.05, 4.69) is 41.2 Å². The fourth-order valence-corrected chi connectivity index (χ4v) is 1.83. The standard InChI is InChI=1S/C10H27N5S2/c1-3-13-5-9(11,7-16)15-6-10(12,8-17)14-4-2/h13-17H,3-8,11-12H2,1-2H3/t9-,10?/m0/s1. The van der Waals surface area contributed by atoms with Crippen molar-refractivity contribution in [3.8, 4) is 0 Å². The van der Waals surface area contributed by atoms with E-state index in [0.717, 1.165) is 13.1 Å². The predicted octanol–water partition coefficient (Wildman–Crippen LogP) is -1.04. The minimum Gasteiger partial charge on any atom is -0.314 e. The van der Waals surface area contributed by atoms with E-state index in [1.165, 1.54) is 0 Å². The first-order chi connectivity index (χ1) is 7.95. The Labute approximate surface area is 116 Å². The lowest BCUT2D eigenvalue weighted by Crippen LogP contribution is -2.69. The molecule has 2 atom stereocenters. The molecule has 0 aliphatic rings. The lowest BCUT2D eigenvalue weighted by Gasteiger charge is -2.36. The molecule has 0 fully saturated rings. The van der Waals surface area contributed by atoms with Crippen molar-refractivity contribution in [3.63, 3.8) is 0 Å². The fraction of sp³-hybridized carbons (Fsp3) is 1.00. The molecule has 0 radical (unpaired) electrons. The van der Waals surface area contributed by atoms with Crippen LogP contribution in [0.4, 0.5) is 0 Å². The summed E-state index contributed by atoms with van der Waals surface area (Å²) >= 11 is 8.54. The van der Waals surface area contributed by atoms with Gasteiger partial charge >= 0.3 is 0 Å². The van der Waals surface area contributed by atoms with Gasteiger partial charge in [-0.05, 0) is 13.1 Å². The number of nitrogens with two attached hydrogens (primary N) is 2. The summed E-state index contributed by atoms with van der Waals surface area (Å²) in [6.07, 6.45) is 0. The van der Waals surface area contributed by atoms with Crippen LogP contribution in [0.25, 0.3) is 0 Å². The zero-order valence-electron chi connectivity index (χ0n) is 10.8. The molecule has 0 aromatic heterocycles. The Morgan fingerprint density at radius 2 is 1.41 bits per heavy atom. The molecule has 7 N–H and O–H groups in total. The summed E-state index contributed by atoms with van der Waals surface area (Å²) in [6.45, 7) is 6.93. The zero-order chi connectivity index (χ0) is 13.4. The van der Waals surface area contributed by atoms with E-state index >= 15 is 0 Å². The molecule has 7 heteroatoms. The van der Waals surface area contributed by atoms with Crippen LogP contribution in [0.2, 0.25) is 0 Å². The Hall–Kier alpha value is 0.500. The van der Waals surface area contributed by atoms with Gasteiger partial charge in [-0.1, -0.05) is 13.8 Å². The number of nitrogens with one attached hydrogen (secondary N) is 3. The van der Waals surface area contributed by atoms with Gasteiger partial charge < -0.3 is 16.8 Å². The maximum Gasteiger partial charge on any atom is 0.0881 e. The third-order valence-electron chi connectivity index (χ3n) is 2.54. The largest absolute Gasteiger partial charge is 0.314 e. The van der Waals surface area contributed by atoms with E-state index in [1.54, 1.807) is 0 Å². The molecule has 0 aromatic carbocycles. The van der Waals surface area contributed by atoms with Gasteiger partial charge in [0, 0.05) is 24.6 Å². The van der Waals surface area contributed by atoms with Gasteiger partial charge in [0.25, 0.3) is 0 Å². The van der Waals surface area contributed by atoms with Crippen LogP contribution < -0.4 is 27.4 Å². The summed E-state index contributed by atoms with van der Waals surface area (Å²) in [5, 5.41) is 9.67. The molecule has 0 bridgehead atoms. The van der Waals surface area contributed by atoms with Crippen LogP contribution in [0.5, 0.6) is 0 Å². The van der Waals surface area contributed by atoms with Crippen LogP contribution in [-0.2, 0) is 0 Å². The van der Waals surface area contributed by atoms with E-state index in [9.17, 15) is 0 Å². The highest BCUT2D eigenvalue weighted by Gasteiger charge is 2.28. The molecular weight excluding hydrogens is 254 g/mol. The summed E-state index contributed by atoms with van der Waals surface area (Å²) in [5.74, 6) is 1.08. The molecule has 0 spiro atoms. The Morgan fingerprint density at radius 3 is 1.82 bits per heavy atom. The van der Waals surface area contributed by atoms with Gasteiger partial charge in [-0.2, -0.15) is 25.3 Å². The van der Waals surface area contributed by atoms with Gasteiger partial charge in [0.2, 0.25) is 0 Å². The predicted molar refractivity (Wildman–Crippen MR) is 81.8 cm³/mol. The normalized spacial score (nSPS) is 18.7. The quantitative estimate of drug-likeness (QED) is 0.205. The topological polar surface area (TPSA) is 88.1 Å². The van der Waals surface area contributed by atoms with Crippen molar-refractivity contribution >= 4 is 25.3 Å². The maximum absolute atomic E-state index is 6.18. The third-order valence-corrected chi connectivity index (χ3v) is 3.67. The Bertz CT molecular complexity index is 207. The van der Waals surface area contributed by atoms with Gasteiger partial charge in [0.15, 0.2) is 0 Å². The van der Waals surface area contributed by atoms with E-state index in [4.69, 9.17) is 11.5 Å². The second-order valence-electron chi connectivity index (χ2n) is 4.29. The number of likely N-dealkylation sites (N-methyl/N-ethyl adjacent to an activating group) is 2. The summed E-state index contributed by atoms with van der Waals surface area (Å²) in [5.41, 5.74) is 11.2. The molecule has 0 aliphatic heterocycles. The van der Waals surface area contributed by atoms with Crippen LogP contribution >= 0.6 is 25.3 Å². The number of rotatable bonds is 10. The van der Waals surface area contributed by atoms with Crippen molar-refractivity contribution in [2.75, 3.05) is 37.7 Å². The molecule has 0 amide bonds. The Morgan fingerprint density at radius 1 is 0.882 bits per heavy atom. The average Bonchev–Trinajstić information content (AvgIpc) is 2.34. The van der Waals surface area contributed by atoms with E-state index in [-0.39, 0.29) is 0 Å². The molecule has 17 heavy (non-hydrogen) atoms. The minimum atomic E-state index is -0.553. The molecule has 0 heterocycles. The number of hydrogen-bond donors (Lipinski definition) is 7. The Kier molecular flexibility index (Phi) is 8.83.